The van der Waals surface area contributed by atoms with E-state index < -0.39 is 0 Å². The van der Waals surface area contributed by atoms with Crippen molar-refractivity contribution in [1.82, 2.24) is 20.2 Å². The molecule has 1 aromatic carbocycles. The minimum atomic E-state index is 0.412. The van der Waals surface area contributed by atoms with Crippen molar-refractivity contribution < 1.29 is 0 Å². The number of benzene rings is 1. The summed E-state index contributed by atoms with van der Waals surface area (Å²) >= 11 is 0. The number of hydrogen-bond donors (Lipinski definition) is 2. The number of nitriles is 1. The number of aryl methyl sites for hydroxylation is 1. The van der Waals surface area contributed by atoms with E-state index in [0.717, 1.165) is 50.6 Å². The average molecular weight is 364 g/mol. The predicted molar refractivity (Wildman–Crippen MR) is 107 cm³/mol. The molecule has 1 unspecified atom stereocenters. The number of hydrogen-bond acceptors (Lipinski definition) is 5. The van der Waals surface area contributed by atoms with E-state index in [-0.39, 0.29) is 0 Å². The van der Waals surface area contributed by atoms with Gasteiger partial charge in [-0.3, -0.25) is 0 Å². The van der Waals surface area contributed by atoms with Gasteiger partial charge in [0.1, 0.15) is 0 Å². The summed E-state index contributed by atoms with van der Waals surface area (Å²) in [5.74, 6) is 0.767. The van der Waals surface area contributed by atoms with Gasteiger partial charge in [-0.05, 0) is 68.6 Å². The van der Waals surface area contributed by atoms with Gasteiger partial charge in [0.15, 0.2) is 0 Å². The Morgan fingerprint density at radius 2 is 2.19 bits per heavy atom. The molecule has 2 aliphatic heterocycles. The van der Waals surface area contributed by atoms with Crippen LogP contribution in [0.2, 0.25) is 0 Å². The summed E-state index contributed by atoms with van der Waals surface area (Å²) in [5, 5.41) is 16.6. The molecule has 3 heterocycles. The topological polar surface area (TPSA) is 68.9 Å². The highest BCUT2D eigenvalue weighted by Crippen LogP contribution is 2.29. The van der Waals surface area contributed by atoms with Crippen LogP contribution in [0.4, 0.5) is 5.69 Å². The minimum Gasteiger partial charge on any atom is -0.364 e. The maximum atomic E-state index is 9.29. The van der Waals surface area contributed by atoms with Crippen LogP contribution in [0, 0.1) is 17.2 Å². The van der Waals surface area contributed by atoms with E-state index >= 15 is 0 Å². The second-order valence-electron chi connectivity index (χ2n) is 7.83. The highest BCUT2D eigenvalue weighted by molar-refractivity contribution is 5.59. The second kappa shape index (κ2) is 8.12. The summed E-state index contributed by atoms with van der Waals surface area (Å²) in [7, 11) is 2.04. The van der Waals surface area contributed by atoms with Crippen LogP contribution < -0.4 is 15.5 Å². The molecule has 2 N–H and O–H groups in total. The lowest BCUT2D eigenvalue weighted by Crippen LogP contribution is -2.48. The van der Waals surface area contributed by atoms with Crippen molar-refractivity contribution in [2.45, 2.75) is 31.8 Å². The molecule has 27 heavy (non-hydrogen) atoms. The molecular weight excluding hydrogens is 336 g/mol. The molecule has 0 bridgehead atoms. The van der Waals surface area contributed by atoms with Gasteiger partial charge in [0, 0.05) is 31.5 Å². The number of anilines is 1. The van der Waals surface area contributed by atoms with Gasteiger partial charge in [-0.1, -0.05) is 0 Å². The molecular formula is C21H28N6. The van der Waals surface area contributed by atoms with Gasteiger partial charge in [0.25, 0.3) is 0 Å². The Kier molecular flexibility index (Phi) is 5.42. The van der Waals surface area contributed by atoms with Crippen LogP contribution in [0.1, 0.15) is 29.7 Å². The van der Waals surface area contributed by atoms with Crippen LogP contribution in [0.15, 0.2) is 30.7 Å². The molecule has 0 amide bonds. The lowest BCUT2D eigenvalue weighted by atomic mass is 9.94. The fraction of sp³-hybridized carbons (Fsp3) is 0.524. The monoisotopic (exact) mass is 364 g/mol. The number of nitrogens with zero attached hydrogens (tertiary/aromatic N) is 4. The van der Waals surface area contributed by atoms with Crippen molar-refractivity contribution in [2.24, 2.45) is 13.0 Å². The Morgan fingerprint density at radius 1 is 1.33 bits per heavy atom. The molecule has 0 aliphatic carbocycles. The molecule has 0 spiro atoms. The molecule has 0 saturated carbocycles. The zero-order chi connectivity index (χ0) is 18.6. The van der Waals surface area contributed by atoms with Crippen LogP contribution in [0.3, 0.4) is 0 Å². The molecule has 1 atom stereocenters. The molecule has 0 radical (unpaired) electrons. The summed E-state index contributed by atoms with van der Waals surface area (Å²) in [6.45, 7) is 5.17. The summed E-state index contributed by atoms with van der Waals surface area (Å²) in [6.07, 6.45) is 7.29. The molecule has 1 fully saturated rings. The van der Waals surface area contributed by atoms with Crippen LogP contribution in [0.25, 0.3) is 0 Å². The van der Waals surface area contributed by atoms with Gasteiger partial charge in [0.2, 0.25) is 0 Å². The Hall–Kier alpha value is -2.36. The van der Waals surface area contributed by atoms with Crippen LogP contribution in [-0.4, -0.2) is 41.8 Å². The number of imidazole rings is 1. The zero-order valence-electron chi connectivity index (χ0n) is 16.0. The van der Waals surface area contributed by atoms with Crippen molar-refractivity contribution in [3.05, 3.63) is 47.5 Å². The minimum absolute atomic E-state index is 0.412. The Morgan fingerprint density at radius 3 is 2.93 bits per heavy atom. The third-order valence-corrected chi connectivity index (χ3v) is 5.88. The number of aromatic nitrogens is 2. The largest absolute Gasteiger partial charge is 0.364 e. The smallest absolute Gasteiger partial charge is 0.0991 e. The molecule has 1 aromatic heterocycles. The first-order valence-corrected chi connectivity index (χ1v) is 9.90. The lowest BCUT2D eigenvalue weighted by molar-refractivity contribution is 0.335. The van der Waals surface area contributed by atoms with Crippen LogP contribution in [0.5, 0.6) is 0 Å². The third kappa shape index (κ3) is 4.15. The van der Waals surface area contributed by atoms with Gasteiger partial charge in [0.05, 0.1) is 30.2 Å². The number of rotatable bonds is 5. The maximum absolute atomic E-state index is 9.29. The van der Waals surface area contributed by atoms with E-state index in [1.807, 2.05) is 25.6 Å². The van der Waals surface area contributed by atoms with Gasteiger partial charge in [-0.25, -0.2) is 4.98 Å². The van der Waals surface area contributed by atoms with Crippen LogP contribution in [-0.2, 0) is 20.0 Å². The van der Waals surface area contributed by atoms with Crippen LogP contribution >= 0.6 is 0 Å². The van der Waals surface area contributed by atoms with Gasteiger partial charge >= 0.3 is 0 Å². The SMILES string of the molecule is Cn1cncc1CN1CC(NCC2CCNCC2)Cc2cc(C#N)ccc21. The summed E-state index contributed by atoms with van der Waals surface area (Å²) < 4.78 is 2.08. The van der Waals surface area contributed by atoms with E-state index in [1.54, 1.807) is 0 Å². The predicted octanol–water partition coefficient (Wildman–Crippen LogP) is 1.81. The summed E-state index contributed by atoms with van der Waals surface area (Å²) in [5.41, 5.74) is 4.46. The Balaban J connectivity index is 1.51. The Labute approximate surface area is 161 Å². The quantitative estimate of drug-likeness (QED) is 0.847. The molecule has 142 valence electrons. The average Bonchev–Trinajstić information content (AvgIpc) is 3.11. The van der Waals surface area contributed by atoms with Crippen molar-refractivity contribution >= 4 is 5.69 Å². The van der Waals surface area contributed by atoms with Gasteiger partial charge in [-0.15, -0.1) is 0 Å². The third-order valence-electron chi connectivity index (χ3n) is 5.88. The first-order chi connectivity index (χ1) is 13.2. The van der Waals surface area contributed by atoms with E-state index in [4.69, 9.17) is 0 Å². The van der Waals surface area contributed by atoms with E-state index in [1.165, 1.54) is 29.8 Å². The second-order valence-corrected chi connectivity index (χ2v) is 7.83. The normalized spacial score (nSPS) is 20.3. The van der Waals surface area contributed by atoms with Gasteiger partial charge in [-0.2, -0.15) is 5.26 Å². The van der Waals surface area contributed by atoms with E-state index in [9.17, 15) is 5.26 Å². The molecule has 1 saturated heterocycles. The first kappa shape index (κ1) is 18.0. The molecule has 6 nitrogen and oxygen atoms in total. The summed E-state index contributed by atoms with van der Waals surface area (Å²) in [4.78, 5) is 6.69. The molecule has 2 aromatic rings. The van der Waals surface area contributed by atoms with Crippen molar-refractivity contribution in [1.29, 1.82) is 5.26 Å². The highest BCUT2D eigenvalue weighted by atomic mass is 15.2. The lowest BCUT2D eigenvalue weighted by Gasteiger charge is -2.37. The summed E-state index contributed by atoms with van der Waals surface area (Å²) in [6, 6.07) is 8.79. The van der Waals surface area contributed by atoms with E-state index in [2.05, 4.69) is 43.3 Å². The van der Waals surface area contributed by atoms with Crippen molar-refractivity contribution in [3.63, 3.8) is 0 Å². The number of nitrogens with one attached hydrogen (secondary N) is 2. The molecule has 6 heteroatoms. The van der Waals surface area contributed by atoms with Crippen molar-refractivity contribution in [2.75, 3.05) is 31.1 Å². The van der Waals surface area contributed by atoms with Crippen molar-refractivity contribution in [3.8, 4) is 6.07 Å². The van der Waals surface area contributed by atoms with Gasteiger partial charge < -0.3 is 20.1 Å². The standard InChI is InChI=1S/C21H28N6/c1-26-15-24-12-20(26)14-27-13-19(25-11-16-4-6-23-7-5-16)9-18-8-17(10-22)2-3-21(18)27/h2-3,8,12,15-16,19,23,25H,4-7,9,11,13-14H2,1H3. The number of fused-ring (bicyclic) bond motifs is 1. The maximum Gasteiger partial charge on any atom is 0.0991 e. The Bertz CT molecular complexity index is 814. The fourth-order valence-corrected chi connectivity index (χ4v) is 4.26. The zero-order valence-corrected chi connectivity index (χ0v) is 16.0. The first-order valence-electron chi connectivity index (χ1n) is 9.90. The fourth-order valence-electron chi connectivity index (χ4n) is 4.26. The van der Waals surface area contributed by atoms with E-state index in [0.29, 0.717) is 6.04 Å². The number of piperidine rings is 1. The highest BCUT2D eigenvalue weighted by Gasteiger charge is 2.26. The molecule has 4 rings (SSSR count). The molecule has 2 aliphatic rings.